The number of H-pyrrole nitrogens is 1. The first-order chi connectivity index (χ1) is 12.3. The molecular formula is C18H12N6O. The standard InChI is InChI=1S/C18H12N6O/c19-9-12-4-6-14(7-5-12)25-15-3-1-2-13(8-15)23-17-16-10-22-24-18(16)21-11-20-17/h1-8,10-11H,(H2,20,21,22,23,24). The summed E-state index contributed by atoms with van der Waals surface area (Å²) in [5.74, 6) is 2.00. The monoisotopic (exact) mass is 328 g/mol. The van der Waals surface area contributed by atoms with Crippen LogP contribution in [0.25, 0.3) is 11.0 Å². The molecule has 0 saturated carbocycles. The number of ether oxygens (including phenoxy) is 1. The number of fused-ring (bicyclic) bond motifs is 1. The number of anilines is 2. The van der Waals surface area contributed by atoms with Crippen LogP contribution >= 0.6 is 0 Å². The lowest BCUT2D eigenvalue weighted by molar-refractivity contribution is 0.483. The van der Waals surface area contributed by atoms with E-state index in [2.05, 4.69) is 31.6 Å². The molecule has 0 spiro atoms. The zero-order valence-electron chi connectivity index (χ0n) is 13.0. The van der Waals surface area contributed by atoms with Gasteiger partial charge in [-0.15, -0.1) is 0 Å². The Morgan fingerprint density at radius 3 is 2.76 bits per heavy atom. The molecule has 0 saturated heterocycles. The summed E-state index contributed by atoms with van der Waals surface area (Å²) in [7, 11) is 0. The maximum atomic E-state index is 8.84. The zero-order valence-corrected chi connectivity index (χ0v) is 13.0. The van der Waals surface area contributed by atoms with Gasteiger partial charge in [0.15, 0.2) is 5.65 Å². The summed E-state index contributed by atoms with van der Waals surface area (Å²) < 4.78 is 5.83. The van der Waals surface area contributed by atoms with Gasteiger partial charge in [-0.05, 0) is 36.4 Å². The number of nitrogens with one attached hydrogen (secondary N) is 2. The van der Waals surface area contributed by atoms with Gasteiger partial charge >= 0.3 is 0 Å². The summed E-state index contributed by atoms with van der Waals surface area (Å²) >= 11 is 0. The van der Waals surface area contributed by atoms with Crippen molar-refractivity contribution >= 4 is 22.5 Å². The van der Waals surface area contributed by atoms with Crippen molar-refractivity contribution in [2.45, 2.75) is 0 Å². The first-order valence-electron chi connectivity index (χ1n) is 7.51. The number of hydrogen-bond donors (Lipinski definition) is 2. The Hall–Kier alpha value is -3.92. The van der Waals surface area contributed by atoms with Crippen LogP contribution in [0.1, 0.15) is 5.56 Å². The quantitative estimate of drug-likeness (QED) is 0.591. The van der Waals surface area contributed by atoms with E-state index in [1.54, 1.807) is 30.5 Å². The molecular weight excluding hydrogens is 316 g/mol. The van der Waals surface area contributed by atoms with Crippen molar-refractivity contribution in [2.75, 3.05) is 5.32 Å². The summed E-state index contributed by atoms with van der Waals surface area (Å²) in [6.07, 6.45) is 3.15. The Morgan fingerprint density at radius 1 is 1.04 bits per heavy atom. The average molecular weight is 328 g/mol. The fourth-order valence-corrected chi connectivity index (χ4v) is 2.37. The van der Waals surface area contributed by atoms with E-state index in [0.717, 1.165) is 11.1 Å². The van der Waals surface area contributed by atoms with Crippen LogP contribution in [0, 0.1) is 11.3 Å². The van der Waals surface area contributed by atoms with Crippen LogP contribution in [-0.4, -0.2) is 20.2 Å². The van der Waals surface area contributed by atoms with Crippen LogP contribution in [-0.2, 0) is 0 Å². The largest absolute Gasteiger partial charge is 0.457 e. The van der Waals surface area contributed by atoms with Gasteiger partial charge in [0.05, 0.1) is 23.2 Å². The van der Waals surface area contributed by atoms with E-state index in [0.29, 0.717) is 28.5 Å². The van der Waals surface area contributed by atoms with Crippen LogP contribution in [0.15, 0.2) is 61.1 Å². The molecule has 0 radical (unpaired) electrons. The minimum Gasteiger partial charge on any atom is -0.457 e. The highest BCUT2D eigenvalue weighted by molar-refractivity contribution is 5.87. The van der Waals surface area contributed by atoms with Gasteiger partial charge in [0.1, 0.15) is 23.6 Å². The summed E-state index contributed by atoms with van der Waals surface area (Å²) in [5.41, 5.74) is 2.09. The van der Waals surface area contributed by atoms with Crippen molar-refractivity contribution in [1.82, 2.24) is 20.2 Å². The highest BCUT2D eigenvalue weighted by Crippen LogP contribution is 2.27. The second-order valence-corrected chi connectivity index (χ2v) is 5.25. The Labute approximate surface area is 142 Å². The fourth-order valence-electron chi connectivity index (χ4n) is 2.37. The van der Waals surface area contributed by atoms with E-state index in [1.165, 1.54) is 6.33 Å². The molecule has 0 fully saturated rings. The molecule has 2 heterocycles. The minimum atomic E-state index is 0.593. The van der Waals surface area contributed by atoms with Crippen LogP contribution in [0.2, 0.25) is 0 Å². The highest BCUT2D eigenvalue weighted by atomic mass is 16.5. The van der Waals surface area contributed by atoms with Gasteiger partial charge in [-0.25, -0.2) is 9.97 Å². The third kappa shape index (κ3) is 3.09. The predicted molar refractivity (Wildman–Crippen MR) is 92.6 cm³/mol. The van der Waals surface area contributed by atoms with Gasteiger partial charge in [0.2, 0.25) is 0 Å². The van der Waals surface area contributed by atoms with Gasteiger partial charge < -0.3 is 10.1 Å². The van der Waals surface area contributed by atoms with E-state index in [9.17, 15) is 0 Å². The van der Waals surface area contributed by atoms with E-state index in [-0.39, 0.29) is 0 Å². The van der Waals surface area contributed by atoms with Crippen LogP contribution in [0.5, 0.6) is 11.5 Å². The number of aromatic amines is 1. The van der Waals surface area contributed by atoms with E-state index >= 15 is 0 Å². The third-order valence-electron chi connectivity index (χ3n) is 3.56. The first kappa shape index (κ1) is 14.7. The second kappa shape index (κ2) is 6.29. The Balaban J connectivity index is 1.57. The zero-order chi connectivity index (χ0) is 17.1. The minimum absolute atomic E-state index is 0.593. The topological polar surface area (TPSA) is 99.5 Å². The number of nitriles is 1. The van der Waals surface area contributed by atoms with Crippen molar-refractivity contribution in [3.63, 3.8) is 0 Å². The molecule has 0 aliphatic carbocycles. The number of hydrogen-bond acceptors (Lipinski definition) is 6. The molecule has 25 heavy (non-hydrogen) atoms. The maximum Gasteiger partial charge on any atom is 0.160 e. The Morgan fingerprint density at radius 2 is 1.92 bits per heavy atom. The molecule has 2 N–H and O–H groups in total. The SMILES string of the molecule is N#Cc1ccc(Oc2cccc(Nc3ncnc4[nH]ncc34)c2)cc1. The molecule has 4 aromatic rings. The molecule has 0 unspecified atom stereocenters. The molecule has 7 nitrogen and oxygen atoms in total. The normalized spacial score (nSPS) is 10.4. The number of aromatic nitrogens is 4. The number of rotatable bonds is 4. The van der Waals surface area contributed by atoms with E-state index < -0.39 is 0 Å². The van der Waals surface area contributed by atoms with Gasteiger partial charge in [-0.2, -0.15) is 10.4 Å². The lowest BCUT2D eigenvalue weighted by atomic mass is 10.2. The smallest absolute Gasteiger partial charge is 0.160 e. The molecule has 4 rings (SSSR count). The molecule has 120 valence electrons. The third-order valence-corrected chi connectivity index (χ3v) is 3.56. The van der Waals surface area contributed by atoms with Crippen molar-refractivity contribution < 1.29 is 4.74 Å². The number of nitrogens with zero attached hydrogens (tertiary/aromatic N) is 4. The maximum absolute atomic E-state index is 8.84. The highest BCUT2D eigenvalue weighted by Gasteiger charge is 2.06. The summed E-state index contributed by atoms with van der Waals surface area (Å²) in [6.45, 7) is 0. The van der Waals surface area contributed by atoms with E-state index in [1.807, 2.05) is 24.3 Å². The molecule has 0 bridgehead atoms. The van der Waals surface area contributed by atoms with Crippen molar-refractivity contribution in [2.24, 2.45) is 0 Å². The van der Waals surface area contributed by atoms with Crippen molar-refractivity contribution in [1.29, 1.82) is 5.26 Å². The van der Waals surface area contributed by atoms with Gasteiger partial charge in [-0.3, -0.25) is 5.10 Å². The summed E-state index contributed by atoms with van der Waals surface area (Å²) in [4.78, 5) is 8.37. The van der Waals surface area contributed by atoms with Gasteiger partial charge in [0.25, 0.3) is 0 Å². The van der Waals surface area contributed by atoms with Gasteiger partial charge in [0, 0.05) is 11.8 Å². The first-order valence-corrected chi connectivity index (χ1v) is 7.51. The van der Waals surface area contributed by atoms with Crippen LogP contribution < -0.4 is 10.1 Å². The van der Waals surface area contributed by atoms with Gasteiger partial charge in [-0.1, -0.05) is 6.07 Å². The molecule has 7 heteroatoms. The van der Waals surface area contributed by atoms with Crippen LogP contribution in [0.4, 0.5) is 11.5 Å². The lowest BCUT2D eigenvalue weighted by Gasteiger charge is -2.09. The summed E-state index contributed by atoms with van der Waals surface area (Å²) in [6, 6.07) is 16.6. The molecule has 0 amide bonds. The second-order valence-electron chi connectivity index (χ2n) is 5.25. The van der Waals surface area contributed by atoms with E-state index in [4.69, 9.17) is 10.00 Å². The fraction of sp³-hybridized carbons (Fsp3) is 0. The summed E-state index contributed by atoms with van der Waals surface area (Å²) in [5, 5.41) is 19.7. The van der Waals surface area contributed by atoms with Crippen LogP contribution in [0.3, 0.4) is 0 Å². The average Bonchev–Trinajstić information content (AvgIpc) is 3.13. The Kier molecular flexibility index (Phi) is 3.69. The number of benzene rings is 2. The lowest BCUT2D eigenvalue weighted by Crippen LogP contribution is -1.95. The predicted octanol–water partition coefficient (Wildman–Crippen LogP) is 3.76. The van der Waals surface area contributed by atoms with Crippen molar-refractivity contribution in [3.05, 3.63) is 66.6 Å². The Bertz CT molecular complexity index is 1060. The van der Waals surface area contributed by atoms with Crippen molar-refractivity contribution in [3.8, 4) is 17.6 Å². The molecule has 2 aromatic carbocycles. The molecule has 0 atom stereocenters. The molecule has 2 aromatic heterocycles. The molecule has 0 aliphatic rings. The molecule has 0 aliphatic heterocycles.